The average molecular weight is 248 g/mol. The summed E-state index contributed by atoms with van der Waals surface area (Å²) in [6.07, 6.45) is 1.58. The predicted octanol–water partition coefficient (Wildman–Crippen LogP) is 2.39. The molecule has 0 aliphatic carbocycles. The van der Waals surface area contributed by atoms with Crippen molar-refractivity contribution in [3.63, 3.8) is 0 Å². The van der Waals surface area contributed by atoms with Gasteiger partial charge in [-0.25, -0.2) is 9.59 Å². The summed E-state index contributed by atoms with van der Waals surface area (Å²) in [6, 6.07) is 4.16. The SMILES string of the molecule is C=CC(C)NC(=O)Nc1c(C)cccc1C(=O)O. The third-order valence-electron chi connectivity index (χ3n) is 2.45. The number of hydrogen-bond acceptors (Lipinski definition) is 2. The number of anilines is 1. The Bertz CT molecular complexity index is 483. The average Bonchev–Trinajstić information content (AvgIpc) is 2.31. The molecule has 1 rings (SSSR count). The van der Waals surface area contributed by atoms with E-state index in [4.69, 9.17) is 5.11 Å². The Morgan fingerprint density at radius 1 is 1.44 bits per heavy atom. The number of aryl methyl sites for hydroxylation is 1. The van der Waals surface area contributed by atoms with Crippen LogP contribution < -0.4 is 10.6 Å². The molecule has 1 aromatic rings. The van der Waals surface area contributed by atoms with Crippen molar-refractivity contribution in [1.29, 1.82) is 0 Å². The molecule has 5 nitrogen and oxygen atoms in total. The van der Waals surface area contributed by atoms with Crippen molar-refractivity contribution in [2.24, 2.45) is 0 Å². The largest absolute Gasteiger partial charge is 0.478 e. The van der Waals surface area contributed by atoms with Gasteiger partial charge in [-0.05, 0) is 25.5 Å². The number of hydrogen-bond donors (Lipinski definition) is 3. The number of rotatable bonds is 4. The Kier molecular flexibility index (Phi) is 4.48. The van der Waals surface area contributed by atoms with Gasteiger partial charge < -0.3 is 15.7 Å². The van der Waals surface area contributed by atoms with Crippen molar-refractivity contribution in [3.8, 4) is 0 Å². The first-order valence-corrected chi connectivity index (χ1v) is 5.48. The monoisotopic (exact) mass is 248 g/mol. The first kappa shape index (κ1) is 13.8. The van der Waals surface area contributed by atoms with Gasteiger partial charge in [0, 0.05) is 6.04 Å². The molecule has 0 spiro atoms. The molecule has 0 aliphatic rings. The number of carbonyl (C=O) groups excluding carboxylic acids is 1. The highest BCUT2D eigenvalue weighted by atomic mass is 16.4. The minimum Gasteiger partial charge on any atom is -0.478 e. The molecule has 0 bridgehead atoms. The standard InChI is InChI=1S/C13H16N2O3/c1-4-9(3)14-13(18)15-11-8(2)6-5-7-10(11)12(16)17/h4-7,9H,1H2,2-3H3,(H,16,17)(H2,14,15,18). The maximum absolute atomic E-state index is 11.6. The Balaban J connectivity index is 2.93. The molecule has 3 N–H and O–H groups in total. The van der Waals surface area contributed by atoms with Crippen molar-refractivity contribution in [2.45, 2.75) is 19.9 Å². The summed E-state index contributed by atoms with van der Waals surface area (Å²) in [5.41, 5.74) is 1.06. The van der Waals surface area contributed by atoms with Gasteiger partial charge in [0.1, 0.15) is 0 Å². The lowest BCUT2D eigenvalue weighted by atomic mass is 10.1. The van der Waals surface area contributed by atoms with Gasteiger partial charge in [0.2, 0.25) is 0 Å². The zero-order valence-electron chi connectivity index (χ0n) is 10.4. The molecule has 1 unspecified atom stereocenters. The van der Waals surface area contributed by atoms with E-state index in [1.165, 1.54) is 6.07 Å². The molecular formula is C13H16N2O3. The van der Waals surface area contributed by atoms with Gasteiger partial charge in [0.15, 0.2) is 0 Å². The fourth-order valence-corrected chi connectivity index (χ4v) is 1.43. The summed E-state index contributed by atoms with van der Waals surface area (Å²) in [4.78, 5) is 22.7. The van der Waals surface area contributed by atoms with Gasteiger partial charge in [-0.15, -0.1) is 6.58 Å². The van der Waals surface area contributed by atoms with Crippen LogP contribution in [0.15, 0.2) is 30.9 Å². The third-order valence-corrected chi connectivity index (χ3v) is 2.45. The van der Waals surface area contributed by atoms with Gasteiger partial charge in [0.25, 0.3) is 0 Å². The lowest BCUT2D eigenvalue weighted by molar-refractivity contribution is 0.0698. The fraction of sp³-hybridized carbons (Fsp3) is 0.231. The van der Waals surface area contributed by atoms with E-state index >= 15 is 0 Å². The molecule has 0 saturated carbocycles. The second-order valence-electron chi connectivity index (χ2n) is 3.93. The van der Waals surface area contributed by atoms with E-state index < -0.39 is 12.0 Å². The summed E-state index contributed by atoms with van der Waals surface area (Å²) >= 11 is 0. The van der Waals surface area contributed by atoms with E-state index in [9.17, 15) is 9.59 Å². The van der Waals surface area contributed by atoms with Crippen LogP contribution in [-0.2, 0) is 0 Å². The van der Waals surface area contributed by atoms with E-state index in [1.54, 1.807) is 32.1 Å². The highest BCUT2D eigenvalue weighted by Crippen LogP contribution is 2.20. The number of nitrogens with one attached hydrogen (secondary N) is 2. The molecule has 0 heterocycles. The molecule has 96 valence electrons. The summed E-state index contributed by atoms with van der Waals surface area (Å²) in [5, 5.41) is 14.2. The first-order valence-electron chi connectivity index (χ1n) is 5.48. The van der Waals surface area contributed by atoms with E-state index in [0.717, 1.165) is 0 Å². The minimum absolute atomic E-state index is 0.0661. The quantitative estimate of drug-likeness (QED) is 0.716. The minimum atomic E-state index is -1.08. The third kappa shape index (κ3) is 3.35. The predicted molar refractivity (Wildman–Crippen MR) is 70.0 cm³/mol. The van der Waals surface area contributed by atoms with E-state index in [1.807, 2.05) is 0 Å². The molecule has 0 aliphatic heterocycles. The highest BCUT2D eigenvalue weighted by Gasteiger charge is 2.14. The molecule has 1 aromatic carbocycles. The normalized spacial score (nSPS) is 11.4. The van der Waals surface area contributed by atoms with Crippen LogP contribution in [-0.4, -0.2) is 23.1 Å². The van der Waals surface area contributed by atoms with Gasteiger partial charge in [-0.2, -0.15) is 0 Å². The number of carbonyl (C=O) groups is 2. The number of carboxylic acids is 1. The van der Waals surface area contributed by atoms with Crippen molar-refractivity contribution >= 4 is 17.7 Å². The number of benzene rings is 1. The molecule has 5 heteroatoms. The Morgan fingerprint density at radius 2 is 2.11 bits per heavy atom. The van der Waals surface area contributed by atoms with Crippen LogP contribution in [0, 0.1) is 6.92 Å². The zero-order chi connectivity index (χ0) is 13.7. The Hall–Kier alpha value is -2.30. The van der Waals surface area contributed by atoms with Crippen molar-refractivity contribution in [2.75, 3.05) is 5.32 Å². The first-order chi connectivity index (χ1) is 8.45. The molecule has 0 saturated heterocycles. The summed E-state index contributed by atoms with van der Waals surface area (Å²) < 4.78 is 0. The summed E-state index contributed by atoms with van der Waals surface area (Å²) in [6.45, 7) is 7.05. The van der Waals surface area contributed by atoms with Gasteiger partial charge in [-0.3, -0.25) is 0 Å². The van der Waals surface area contributed by atoms with E-state index in [-0.39, 0.29) is 11.6 Å². The van der Waals surface area contributed by atoms with E-state index in [2.05, 4.69) is 17.2 Å². The van der Waals surface area contributed by atoms with Crippen LogP contribution in [0.25, 0.3) is 0 Å². The maximum Gasteiger partial charge on any atom is 0.337 e. The van der Waals surface area contributed by atoms with Crippen LogP contribution in [0.4, 0.5) is 10.5 Å². The lowest BCUT2D eigenvalue weighted by Crippen LogP contribution is -2.35. The van der Waals surface area contributed by atoms with Gasteiger partial charge in [-0.1, -0.05) is 18.2 Å². The number of urea groups is 1. The molecule has 0 radical (unpaired) electrons. The Morgan fingerprint density at radius 3 is 2.67 bits per heavy atom. The molecule has 18 heavy (non-hydrogen) atoms. The van der Waals surface area contributed by atoms with Crippen molar-refractivity contribution in [3.05, 3.63) is 42.0 Å². The number of amides is 2. The van der Waals surface area contributed by atoms with Crippen LogP contribution in [0.1, 0.15) is 22.8 Å². The van der Waals surface area contributed by atoms with Crippen LogP contribution in [0.3, 0.4) is 0 Å². The van der Waals surface area contributed by atoms with E-state index in [0.29, 0.717) is 11.3 Å². The topological polar surface area (TPSA) is 78.4 Å². The second kappa shape index (κ2) is 5.86. The molecule has 0 fully saturated rings. The number of aromatic carboxylic acids is 1. The van der Waals surface area contributed by atoms with Crippen molar-refractivity contribution in [1.82, 2.24) is 5.32 Å². The smallest absolute Gasteiger partial charge is 0.337 e. The fourth-order valence-electron chi connectivity index (χ4n) is 1.43. The van der Waals surface area contributed by atoms with Gasteiger partial charge in [0.05, 0.1) is 11.3 Å². The number of para-hydroxylation sites is 1. The van der Waals surface area contributed by atoms with Crippen LogP contribution in [0.5, 0.6) is 0 Å². The highest BCUT2D eigenvalue weighted by molar-refractivity contribution is 6.01. The maximum atomic E-state index is 11.6. The molecule has 1 atom stereocenters. The van der Waals surface area contributed by atoms with Crippen LogP contribution >= 0.6 is 0 Å². The molecule has 2 amide bonds. The number of carboxylic acid groups (broad SMARTS) is 1. The zero-order valence-corrected chi connectivity index (χ0v) is 10.4. The molecular weight excluding hydrogens is 232 g/mol. The molecule has 0 aromatic heterocycles. The van der Waals surface area contributed by atoms with Crippen LogP contribution in [0.2, 0.25) is 0 Å². The lowest BCUT2D eigenvalue weighted by Gasteiger charge is -2.14. The van der Waals surface area contributed by atoms with Gasteiger partial charge >= 0.3 is 12.0 Å². The summed E-state index contributed by atoms with van der Waals surface area (Å²) in [5.74, 6) is -1.08. The van der Waals surface area contributed by atoms with Crippen molar-refractivity contribution < 1.29 is 14.7 Å². The second-order valence-corrected chi connectivity index (χ2v) is 3.93. The summed E-state index contributed by atoms with van der Waals surface area (Å²) in [7, 11) is 0. The Labute approximate surface area is 106 Å².